The van der Waals surface area contributed by atoms with Gasteiger partial charge in [-0.1, -0.05) is 48.5 Å². The molecule has 3 rings (SSSR count). The molecule has 1 N–H and O–H groups in total. The van der Waals surface area contributed by atoms with Gasteiger partial charge in [-0.05, 0) is 29.3 Å². The average Bonchev–Trinajstić information content (AvgIpc) is 2.64. The van der Waals surface area contributed by atoms with Crippen LogP contribution in [0.3, 0.4) is 0 Å². The van der Waals surface area contributed by atoms with Crippen molar-refractivity contribution in [3.05, 3.63) is 106 Å². The Morgan fingerprint density at radius 1 is 0.920 bits per heavy atom. The second-order valence-electron chi connectivity index (χ2n) is 5.71. The van der Waals surface area contributed by atoms with Crippen molar-refractivity contribution in [1.82, 2.24) is 9.88 Å². The number of hydrogen-bond acceptors (Lipinski definition) is 2. The Bertz CT molecular complexity index is 920. The number of pyridine rings is 1. The van der Waals surface area contributed by atoms with Crippen LogP contribution in [0.2, 0.25) is 0 Å². The van der Waals surface area contributed by atoms with Crippen LogP contribution in [-0.4, -0.2) is 22.8 Å². The van der Waals surface area contributed by atoms with E-state index in [9.17, 15) is 14.0 Å². The predicted octanol–water partition coefficient (Wildman–Crippen LogP) is 3.38. The third-order valence-corrected chi connectivity index (χ3v) is 4.01. The van der Waals surface area contributed by atoms with Crippen LogP contribution in [0.4, 0.5) is 4.39 Å². The molecule has 0 spiro atoms. The number of nitrogens with zero attached hydrogens (tertiary/aromatic N) is 1. The van der Waals surface area contributed by atoms with Crippen LogP contribution in [0.25, 0.3) is 0 Å². The number of aromatic nitrogens is 1. The average molecular weight is 336 g/mol. The molecule has 25 heavy (non-hydrogen) atoms. The molecular weight excluding hydrogens is 319 g/mol. The van der Waals surface area contributed by atoms with E-state index in [2.05, 4.69) is 4.98 Å². The lowest BCUT2D eigenvalue weighted by Crippen LogP contribution is -2.33. The van der Waals surface area contributed by atoms with Crippen molar-refractivity contribution in [2.75, 3.05) is 7.05 Å². The maximum Gasteiger partial charge on any atom is 0.270 e. The summed E-state index contributed by atoms with van der Waals surface area (Å²) < 4.78 is 13.3. The maximum atomic E-state index is 13.3. The van der Waals surface area contributed by atoms with Crippen molar-refractivity contribution in [2.24, 2.45) is 0 Å². The summed E-state index contributed by atoms with van der Waals surface area (Å²) in [5.74, 6) is -0.659. The molecule has 2 aromatic carbocycles. The second kappa shape index (κ2) is 7.13. The van der Waals surface area contributed by atoms with E-state index in [0.29, 0.717) is 0 Å². The van der Waals surface area contributed by atoms with Gasteiger partial charge in [0.2, 0.25) is 5.56 Å². The molecule has 1 heterocycles. The molecule has 0 saturated carbocycles. The fraction of sp³-hybridized carbons (Fsp3) is 0.100. The summed E-state index contributed by atoms with van der Waals surface area (Å²) in [4.78, 5) is 28.4. The van der Waals surface area contributed by atoms with Gasteiger partial charge < -0.3 is 9.88 Å². The maximum absolute atomic E-state index is 13.3. The molecule has 0 aliphatic rings. The molecule has 1 amide bonds. The summed E-state index contributed by atoms with van der Waals surface area (Å²) in [5, 5.41) is 0. The predicted molar refractivity (Wildman–Crippen MR) is 93.8 cm³/mol. The second-order valence-corrected chi connectivity index (χ2v) is 5.71. The molecule has 4 nitrogen and oxygen atoms in total. The first-order chi connectivity index (χ1) is 12.1. The first-order valence-electron chi connectivity index (χ1n) is 7.83. The van der Waals surface area contributed by atoms with Crippen molar-refractivity contribution in [3.8, 4) is 0 Å². The van der Waals surface area contributed by atoms with Gasteiger partial charge in [-0.25, -0.2) is 4.39 Å². The van der Waals surface area contributed by atoms with Crippen LogP contribution in [0.5, 0.6) is 0 Å². The summed E-state index contributed by atoms with van der Waals surface area (Å²) in [6.45, 7) is 0. The quantitative estimate of drug-likeness (QED) is 0.794. The molecule has 0 fully saturated rings. The van der Waals surface area contributed by atoms with Crippen LogP contribution in [-0.2, 0) is 0 Å². The van der Waals surface area contributed by atoms with Gasteiger partial charge in [0.25, 0.3) is 5.91 Å². The highest BCUT2D eigenvalue weighted by Gasteiger charge is 2.24. The van der Waals surface area contributed by atoms with Crippen molar-refractivity contribution in [3.63, 3.8) is 0 Å². The summed E-state index contributed by atoms with van der Waals surface area (Å²) in [6, 6.07) is 19.6. The number of carbonyl (C=O) groups is 1. The number of benzene rings is 2. The van der Waals surface area contributed by atoms with Crippen LogP contribution in [0, 0.1) is 5.82 Å². The van der Waals surface area contributed by atoms with E-state index in [0.717, 1.165) is 11.1 Å². The molecule has 5 heteroatoms. The Kier molecular flexibility index (Phi) is 4.75. The van der Waals surface area contributed by atoms with Crippen LogP contribution in [0.1, 0.15) is 27.7 Å². The first-order valence-corrected chi connectivity index (χ1v) is 7.83. The van der Waals surface area contributed by atoms with Crippen molar-refractivity contribution in [2.45, 2.75) is 6.04 Å². The largest absolute Gasteiger partial charge is 0.329 e. The van der Waals surface area contributed by atoms with E-state index in [1.165, 1.54) is 29.2 Å². The third kappa shape index (κ3) is 3.66. The summed E-state index contributed by atoms with van der Waals surface area (Å²) in [5.41, 5.74) is 1.54. The highest BCUT2D eigenvalue weighted by Crippen LogP contribution is 2.28. The Morgan fingerprint density at radius 3 is 2.20 bits per heavy atom. The van der Waals surface area contributed by atoms with Gasteiger partial charge in [0.15, 0.2) is 0 Å². The molecule has 3 aromatic rings. The number of nitrogens with one attached hydrogen (secondary N) is 1. The van der Waals surface area contributed by atoms with E-state index in [1.807, 2.05) is 30.3 Å². The van der Waals surface area contributed by atoms with E-state index < -0.39 is 6.04 Å². The molecule has 1 aromatic heterocycles. The highest BCUT2D eigenvalue weighted by atomic mass is 19.1. The molecule has 0 aliphatic carbocycles. The minimum absolute atomic E-state index is 0.207. The number of amides is 1. The third-order valence-electron chi connectivity index (χ3n) is 4.01. The normalized spacial score (nSPS) is 11.8. The number of halogens is 1. The minimum Gasteiger partial charge on any atom is -0.329 e. The molecule has 1 atom stereocenters. The van der Waals surface area contributed by atoms with E-state index in [1.54, 1.807) is 25.2 Å². The Morgan fingerprint density at radius 2 is 1.56 bits per heavy atom. The number of H-pyrrole nitrogens is 1. The highest BCUT2D eigenvalue weighted by molar-refractivity contribution is 5.92. The summed E-state index contributed by atoms with van der Waals surface area (Å²) in [7, 11) is 1.66. The molecule has 0 saturated heterocycles. The SMILES string of the molecule is CN(C(=O)c1cccc(=O)[nH]1)[C@H](c1ccccc1)c1ccc(F)cc1. The van der Waals surface area contributed by atoms with Gasteiger partial charge in [0, 0.05) is 13.1 Å². The van der Waals surface area contributed by atoms with Gasteiger partial charge >= 0.3 is 0 Å². The van der Waals surface area contributed by atoms with E-state index in [-0.39, 0.29) is 23.0 Å². The zero-order chi connectivity index (χ0) is 17.8. The number of hydrogen-bond donors (Lipinski definition) is 1. The summed E-state index contributed by atoms with van der Waals surface area (Å²) >= 11 is 0. The fourth-order valence-electron chi connectivity index (χ4n) is 2.80. The van der Waals surface area contributed by atoms with Crippen LogP contribution in [0.15, 0.2) is 77.6 Å². The molecule has 0 aliphatic heterocycles. The van der Waals surface area contributed by atoms with E-state index in [4.69, 9.17) is 0 Å². The Labute approximate surface area is 144 Å². The van der Waals surface area contributed by atoms with Gasteiger partial charge in [0.05, 0.1) is 6.04 Å². The standard InChI is InChI=1S/C20H17FN2O2/c1-23(20(25)17-8-5-9-18(24)22-17)19(14-6-3-2-4-7-14)15-10-12-16(21)13-11-15/h2-13,19H,1H3,(H,22,24)/t19-/m1/s1. The zero-order valence-corrected chi connectivity index (χ0v) is 13.6. The zero-order valence-electron chi connectivity index (χ0n) is 13.6. The van der Waals surface area contributed by atoms with Gasteiger partial charge in [-0.2, -0.15) is 0 Å². The van der Waals surface area contributed by atoms with Crippen molar-refractivity contribution in [1.29, 1.82) is 0 Å². The smallest absolute Gasteiger partial charge is 0.270 e. The first kappa shape index (κ1) is 16.6. The monoisotopic (exact) mass is 336 g/mol. The molecule has 126 valence electrons. The van der Waals surface area contributed by atoms with Gasteiger partial charge in [-0.15, -0.1) is 0 Å². The van der Waals surface area contributed by atoms with Crippen LogP contribution >= 0.6 is 0 Å². The van der Waals surface area contributed by atoms with E-state index >= 15 is 0 Å². The van der Waals surface area contributed by atoms with Crippen LogP contribution < -0.4 is 5.56 Å². The topological polar surface area (TPSA) is 53.2 Å². The van der Waals surface area contributed by atoms with Crippen molar-refractivity contribution < 1.29 is 9.18 Å². The lowest BCUT2D eigenvalue weighted by molar-refractivity contribution is 0.0749. The number of carbonyl (C=O) groups excluding carboxylic acids is 1. The summed E-state index contributed by atoms with van der Waals surface area (Å²) in [6.07, 6.45) is 0. The van der Waals surface area contributed by atoms with Gasteiger partial charge in [-0.3, -0.25) is 9.59 Å². The minimum atomic E-state index is -0.405. The molecule has 0 unspecified atom stereocenters. The fourth-order valence-corrected chi connectivity index (χ4v) is 2.80. The Balaban J connectivity index is 2.03. The number of rotatable bonds is 4. The number of aromatic amines is 1. The lowest BCUT2D eigenvalue weighted by Gasteiger charge is -2.29. The molecule has 0 radical (unpaired) electrons. The Hall–Kier alpha value is -3.21. The lowest BCUT2D eigenvalue weighted by atomic mass is 9.97. The van der Waals surface area contributed by atoms with Gasteiger partial charge in [0.1, 0.15) is 11.5 Å². The molecular formula is C20H17FN2O2. The van der Waals surface area contributed by atoms with Crippen molar-refractivity contribution >= 4 is 5.91 Å². The molecule has 0 bridgehead atoms.